The number of nitrogens with two attached hydrogens (primary N) is 1. The van der Waals surface area contributed by atoms with Crippen molar-refractivity contribution in [2.75, 3.05) is 17.7 Å². The first kappa shape index (κ1) is 14.2. The van der Waals surface area contributed by atoms with Gasteiger partial charge in [-0.05, 0) is 24.8 Å². The maximum atomic E-state index is 5.77. The Morgan fingerprint density at radius 1 is 1.29 bits per heavy atom. The molecule has 0 radical (unpaired) electrons. The molecule has 0 saturated heterocycles. The van der Waals surface area contributed by atoms with Crippen LogP contribution in [0.15, 0.2) is 45.3 Å². The van der Waals surface area contributed by atoms with Crippen LogP contribution >= 0.6 is 23.5 Å². The Labute approximate surface area is 130 Å². The van der Waals surface area contributed by atoms with Crippen LogP contribution in [0.2, 0.25) is 0 Å². The molecule has 108 valence electrons. The van der Waals surface area contributed by atoms with Crippen molar-refractivity contribution >= 4 is 40.3 Å². The molecular formula is C14H14N4OS2. The lowest BCUT2D eigenvalue weighted by Crippen LogP contribution is -1.98. The zero-order valence-corrected chi connectivity index (χ0v) is 13.1. The third-order valence-corrected chi connectivity index (χ3v) is 4.37. The first-order chi connectivity index (χ1) is 10.2. The summed E-state index contributed by atoms with van der Waals surface area (Å²) in [6.45, 7) is 0. The molecule has 0 amide bonds. The molecule has 0 bridgehead atoms. The lowest BCUT2D eigenvalue weighted by molar-refractivity contribution is 0.614. The molecule has 0 saturated carbocycles. The molecule has 3 heterocycles. The molecule has 0 fully saturated rings. The maximum Gasteiger partial charge on any atom is 0.190 e. The zero-order valence-electron chi connectivity index (χ0n) is 11.4. The molecule has 0 atom stereocenters. The van der Waals surface area contributed by atoms with Crippen molar-refractivity contribution in [2.45, 2.75) is 16.6 Å². The molecule has 0 spiro atoms. The lowest BCUT2D eigenvalue weighted by atomic mass is 10.2. The van der Waals surface area contributed by atoms with Gasteiger partial charge in [0.2, 0.25) is 0 Å². The van der Waals surface area contributed by atoms with Crippen LogP contribution in [0.4, 0.5) is 5.82 Å². The van der Waals surface area contributed by atoms with Gasteiger partial charge in [-0.3, -0.25) is 4.98 Å². The third-order valence-electron chi connectivity index (χ3n) is 2.90. The van der Waals surface area contributed by atoms with Crippen molar-refractivity contribution in [1.82, 2.24) is 15.0 Å². The number of nitrogen functional groups attached to an aromatic ring is 1. The summed E-state index contributed by atoms with van der Waals surface area (Å²) in [4.78, 5) is 13.0. The molecular weight excluding hydrogens is 304 g/mol. The van der Waals surface area contributed by atoms with Gasteiger partial charge in [-0.25, -0.2) is 9.97 Å². The van der Waals surface area contributed by atoms with Gasteiger partial charge >= 0.3 is 0 Å². The van der Waals surface area contributed by atoms with Crippen molar-refractivity contribution in [3.8, 4) is 0 Å². The van der Waals surface area contributed by atoms with Crippen LogP contribution in [0.25, 0.3) is 11.0 Å². The number of anilines is 1. The number of rotatable bonds is 5. The highest BCUT2D eigenvalue weighted by Crippen LogP contribution is 2.21. The van der Waals surface area contributed by atoms with Crippen LogP contribution < -0.4 is 5.73 Å². The van der Waals surface area contributed by atoms with Crippen LogP contribution in [0.1, 0.15) is 5.69 Å². The number of nitrogens with zero attached hydrogens (tertiary/aromatic N) is 3. The molecule has 3 aromatic rings. The van der Waals surface area contributed by atoms with Gasteiger partial charge in [0.25, 0.3) is 0 Å². The van der Waals surface area contributed by atoms with E-state index in [1.54, 1.807) is 42.1 Å². The number of fused-ring (bicyclic) bond motifs is 1. The third kappa shape index (κ3) is 3.48. The standard InChI is InChI=1S/C14H14N4OS2/c1-20-13-7-12(15)17-14(18-13)21-5-3-10-6-9-2-4-19-11(9)8-16-10/h2,4,6-8H,3,5H2,1H3,(H2,15,17,18). The van der Waals surface area contributed by atoms with Crippen molar-refractivity contribution in [3.63, 3.8) is 0 Å². The van der Waals surface area contributed by atoms with E-state index in [0.29, 0.717) is 11.0 Å². The Morgan fingerprint density at radius 2 is 2.19 bits per heavy atom. The van der Waals surface area contributed by atoms with Gasteiger partial charge in [-0.1, -0.05) is 11.8 Å². The van der Waals surface area contributed by atoms with E-state index >= 15 is 0 Å². The highest BCUT2D eigenvalue weighted by atomic mass is 32.2. The van der Waals surface area contributed by atoms with E-state index in [4.69, 9.17) is 10.2 Å². The van der Waals surface area contributed by atoms with Gasteiger partial charge in [0, 0.05) is 22.9 Å². The number of hydrogen-bond acceptors (Lipinski definition) is 7. The smallest absolute Gasteiger partial charge is 0.190 e. The summed E-state index contributed by atoms with van der Waals surface area (Å²) in [7, 11) is 0. The summed E-state index contributed by atoms with van der Waals surface area (Å²) >= 11 is 3.15. The zero-order chi connectivity index (χ0) is 14.7. The van der Waals surface area contributed by atoms with Gasteiger partial charge < -0.3 is 10.2 Å². The highest BCUT2D eigenvalue weighted by Gasteiger charge is 2.05. The molecule has 7 heteroatoms. The molecule has 3 rings (SSSR count). The van der Waals surface area contributed by atoms with Crippen molar-refractivity contribution < 1.29 is 4.42 Å². The van der Waals surface area contributed by atoms with E-state index in [-0.39, 0.29) is 0 Å². The van der Waals surface area contributed by atoms with E-state index in [0.717, 1.165) is 33.9 Å². The number of aromatic nitrogens is 3. The van der Waals surface area contributed by atoms with Crippen molar-refractivity contribution in [3.05, 3.63) is 36.4 Å². The summed E-state index contributed by atoms with van der Waals surface area (Å²) in [5.41, 5.74) is 7.62. The fourth-order valence-electron chi connectivity index (χ4n) is 1.89. The normalized spacial score (nSPS) is 11.1. The van der Waals surface area contributed by atoms with Crippen molar-refractivity contribution in [2.24, 2.45) is 0 Å². The van der Waals surface area contributed by atoms with Crippen molar-refractivity contribution in [1.29, 1.82) is 0 Å². The average Bonchev–Trinajstić information content (AvgIpc) is 2.94. The predicted octanol–water partition coefficient (Wildman–Crippen LogP) is 3.26. The van der Waals surface area contributed by atoms with Gasteiger partial charge in [-0.2, -0.15) is 0 Å². The molecule has 0 aliphatic rings. The number of hydrogen-bond donors (Lipinski definition) is 1. The first-order valence-corrected chi connectivity index (χ1v) is 8.59. The van der Waals surface area contributed by atoms with Gasteiger partial charge in [0.05, 0.1) is 12.5 Å². The molecule has 0 aliphatic heterocycles. The largest absolute Gasteiger partial charge is 0.463 e. The average molecular weight is 318 g/mol. The van der Waals surface area contributed by atoms with E-state index in [1.165, 1.54) is 0 Å². The van der Waals surface area contributed by atoms with Crippen LogP contribution in [0.3, 0.4) is 0 Å². The molecule has 21 heavy (non-hydrogen) atoms. The minimum absolute atomic E-state index is 0.509. The van der Waals surface area contributed by atoms with Crippen LogP contribution in [-0.2, 0) is 6.42 Å². The minimum Gasteiger partial charge on any atom is -0.463 e. The number of furan rings is 1. The molecule has 0 unspecified atom stereocenters. The van der Waals surface area contributed by atoms with E-state index in [1.807, 2.05) is 18.4 Å². The van der Waals surface area contributed by atoms with E-state index < -0.39 is 0 Å². The number of pyridine rings is 1. The van der Waals surface area contributed by atoms with Crippen LogP contribution in [-0.4, -0.2) is 27.0 Å². The Hall–Kier alpha value is -1.73. The Morgan fingerprint density at radius 3 is 3.05 bits per heavy atom. The number of aryl methyl sites for hydroxylation is 1. The second-order valence-electron chi connectivity index (χ2n) is 4.35. The summed E-state index contributed by atoms with van der Waals surface area (Å²) < 4.78 is 5.28. The Kier molecular flexibility index (Phi) is 4.31. The van der Waals surface area contributed by atoms with E-state index in [9.17, 15) is 0 Å². The molecule has 0 aromatic carbocycles. The van der Waals surface area contributed by atoms with E-state index in [2.05, 4.69) is 15.0 Å². The summed E-state index contributed by atoms with van der Waals surface area (Å²) in [6, 6.07) is 5.77. The molecule has 2 N–H and O–H groups in total. The van der Waals surface area contributed by atoms with Gasteiger partial charge in [-0.15, -0.1) is 11.8 Å². The lowest BCUT2D eigenvalue weighted by Gasteiger charge is -2.03. The molecule has 0 aliphatic carbocycles. The minimum atomic E-state index is 0.509. The predicted molar refractivity (Wildman–Crippen MR) is 86.7 cm³/mol. The topological polar surface area (TPSA) is 77.8 Å². The Bertz CT molecular complexity index is 760. The second kappa shape index (κ2) is 6.36. The molecule has 3 aromatic heterocycles. The highest BCUT2D eigenvalue weighted by molar-refractivity contribution is 7.99. The number of thioether (sulfide) groups is 2. The quantitative estimate of drug-likeness (QED) is 0.439. The summed E-state index contributed by atoms with van der Waals surface area (Å²) in [6.07, 6.45) is 6.26. The van der Waals surface area contributed by atoms with Gasteiger partial charge in [0.15, 0.2) is 10.7 Å². The molecule has 5 nitrogen and oxygen atoms in total. The second-order valence-corrected chi connectivity index (χ2v) is 6.24. The van der Waals surface area contributed by atoms with Gasteiger partial charge in [0.1, 0.15) is 10.8 Å². The maximum absolute atomic E-state index is 5.77. The first-order valence-electron chi connectivity index (χ1n) is 6.38. The fraction of sp³-hybridized carbons (Fsp3) is 0.214. The van der Waals surface area contributed by atoms with Crippen LogP contribution in [0.5, 0.6) is 0 Å². The van der Waals surface area contributed by atoms with Crippen LogP contribution in [0, 0.1) is 0 Å². The summed E-state index contributed by atoms with van der Waals surface area (Å²) in [5.74, 6) is 1.36. The summed E-state index contributed by atoms with van der Waals surface area (Å²) in [5, 5.41) is 2.68. The monoisotopic (exact) mass is 318 g/mol. The Balaban J connectivity index is 1.64. The fourth-order valence-corrected chi connectivity index (χ4v) is 3.19. The SMILES string of the molecule is CSc1cc(N)nc(SCCc2cc3ccoc3cn2)n1.